The molecule has 0 bridgehead atoms. The van der Waals surface area contributed by atoms with Crippen molar-refractivity contribution in [1.82, 2.24) is 9.55 Å². The molecule has 0 unspecified atom stereocenters. The summed E-state index contributed by atoms with van der Waals surface area (Å²) in [7, 11) is 1.72. The maximum absolute atomic E-state index is 12.5. The maximum Gasteiger partial charge on any atom is 0.293 e. The van der Waals surface area contributed by atoms with Crippen LogP contribution in [-0.2, 0) is 7.05 Å². The Morgan fingerprint density at radius 3 is 2.50 bits per heavy atom. The lowest BCUT2D eigenvalue weighted by molar-refractivity contribution is -0.384. The second kappa shape index (κ2) is 6.82. The molecule has 1 aliphatic heterocycles. The molecule has 0 N–H and O–H groups in total. The van der Waals surface area contributed by atoms with E-state index in [4.69, 9.17) is 0 Å². The molecule has 24 heavy (non-hydrogen) atoms. The number of anilines is 1. The Labute approximate surface area is 140 Å². The Morgan fingerprint density at radius 1 is 1.21 bits per heavy atom. The van der Waals surface area contributed by atoms with Gasteiger partial charge in [0.2, 0.25) is 5.78 Å². The van der Waals surface area contributed by atoms with Crippen molar-refractivity contribution in [2.24, 2.45) is 7.05 Å². The number of carbonyl (C=O) groups excluding carboxylic acids is 1. The largest absolute Gasteiger partial charge is 0.366 e. The molecule has 1 aliphatic rings. The predicted octanol–water partition coefficient (Wildman–Crippen LogP) is 2.94. The number of nitro benzene ring substituents is 1. The second-order valence-electron chi connectivity index (χ2n) is 6.05. The summed E-state index contributed by atoms with van der Waals surface area (Å²) in [6, 6.07) is 4.72. The van der Waals surface area contributed by atoms with Crippen LogP contribution >= 0.6 is 0 Å². The van der Waals surface area contributed by atoms with Crippen LogP contribution in [0.2, 0.25) is 0 Å². The van der Waals surface area contributed by atoms with Crippen LogP contribution in [0, 0.1) is 10.1 Å². The first-order valence-corrected chi connectivity index (χ1v) is 8.13. The standard InChI is InChI=1S/C17H20N4O3/c1-19-11-8-18-17(19)16(22)13-6-7-14(15(12-13)21(23)24)20-9-4-2-3-5-10-20/h6-8,11-12H,2-5,9-10H2,1H3. The molecule has 126 valence electrons. The Balaban J connectivity index is 1.97. The van der Waals surface area contributed by atoms with E-state index < -0.39 is 4.92 Å². The van der Waals surface area contributed by atoms with E-state index in [1.165, 1.54) is 12.3 Å². The highest BCUT2D eigenvalue weighted by Crippen LogP contribution is 2.31. The van der Waals surface area contributed by atoms with Crippen molar-refractivity contribution >= 4 is 17.2 Å². The fraction of sp³-hybridized carbons (Fsp3) is 0.412. The van der Waals surface area contributed by atoms with Gasteiger partial charge < -0.3 is 9.47 Å². The predicted molar refractivity (Wildman–Crippen MR) is 90.4 cm³/mol. The van der Waals surface area contributed by atoms with Crippen molar-refractivity contribution in [3.05, 3.63) is 52.1 Å². The number of benzene rings is 1. The average Bonchev–Trinajstić information content (AvgIpc) is 2.84. The number of ketones is 1. The van der Waals surface area contributed by atoms with E-state index >= 15 is 0 Å². The molecule has 0 radical (unpaired) electrons. The van der Waals surface area contributed by atoms with Gasteiger partial charge in [-0.25, -0.2) is 4.98 Å². The van der Waals surface area contributed by atoms with Crippen LogP contribution in [0.3, 0.4) is 0 Å². The van der Waals surface area contributed by atoms with Gasteiger partial charge in [0.25, 0.3) is 5.69 Å². The van der Waals surface area contributed by atoms with Gasteiger partial charge in [0, 0.05) is 44.2 Å². The number of aromatic nitrogens is 2. The molecule has 3 rings (SSSR count). The van der Waals surface area contributed by atoms with E-state index in [9.17, 15) is 14.9 Å². The molecule has 1 aromatic carbocycles. The molecular formula is C17H20N4O3. The molecule has 1 fully saturated rings. The number of rotatable bonds is 4. The Bertz CT molecular complexity index is 761. The van der Waals surface area contributed by atoms with Crippen LogP contribution in [0.5, 0.6) is 0 Å². The summed E-state index contributed by atoms with van der Waals surface area (Å²) in [5.41, 5.74) is 0.866. The molecule has 2 aromatic rings. The Hall–Kier alpha value is -2.70. The average molecular weight is 328 g/mol. The number of carbonyl (C=O) groups is 1. The molecule has 7 nitrogen and oxygen atoms in total. The normalized spacial score (nSPS) is 15.1. The zero-order valence-electron chi connectivity index (χ0n) is 13.6. The highest BCUT2D eigenvalue weighted by molar-refractivity contribution is 6.07. The van der Waals surface area contributed by atoms with Gasteiger partial charge in [-0.05, 0) is 25.0 Å². The van der Waals surface area contributed by atoms with Crippen molar-refractivity contribution in [3.63, 3.8) is 0 Å². The van der Waals surface area contributed by atoms with Crippen molar-refractivity contribution in [1.29, 1.82) is 0 Å². The summed E-state index contributed by atoms with van der Waals surface area (Å²) in [6.07, 6.45) is 7.58. The molecule has 0 atom stereocenters. The van der Waals surface area contributed by atoms with Crippen LogP contribution in [0.25, 0.3) is 0 Å². The van der Waals surface area contributed by atoms with Crippen molar-refractivity contribution in [3.8, 4) is 0 Å². The van der Waals surface area contributed by atoms with Crippen LogP contribution in [-0.4, -0.2) is 33.3 Å². The third-order valence-electron chi connectivity index (χ3n) is 4.41. The number of imidazole rings is 1. The topological polar surface area (TPSA) is 81.3 Å². The van der Waals surface area contributed by atoms with Crippen LogP contribution < -0.4 is 4.90 Å². The van der Waals surface area contributed by atoms with Crippen molar-refractivity contribution < 1.29 is 9.72 Å². The van der Waals surface area contributed by atoms with Crippen molar-refractivity contribution in [2.45, 2.75) is 25.7 Å². The van der Waals surface area contributed by atoms with Gasteiger partial charge in [-0.15, -0.1) is 0 Å². The minimum Gasteiger partial charge on any atom is -0.366 e. The lowest BCUT2D eigenvalue weighted by atomic mass is 10.1. The Kier molecular flexibility index (Phi) is 4.59. The smallest absolute Gasteiger partial charge is 0.293 e. The van der Waals surface area contributed by atoms with E-state index in [0.717, 1.165) is 38.8 Å². The number of nitro groups is 1. The molecular weight excluding hydrogens is 308 g/mol. The van der Waals surface area contributed by atoms with E-state index in [1.54, 1.807) is 29.9 Å². The number of nitrogens with zero attached hydrogens (tertiary/aromatic N) is 4. The quantitative estimate of drug-likeness (QED) is 0.489. The highest BCUT2D eigenvalue weighted by atomic mass is 16.6. The highest BCUT2D eigenvalue weighted by Gasteiger charge is 2.24. The summed E-state index contributed by atoms with van der Waals surface area (Å²) in [5, 5.41) is 11.5. The number of hydrogen-bond donors (Lipinski definition) is 0. The minimum absolute atomic E-state index is 0.0167. The molecule has 2 heterocycles. The fourth-order valence-corrected chi connectivity index (χ4v) is 3.10. The molecule has 1 saturated heterocycles. The number of aryl methyl sites for hydroxylation is 1. The first kappa shape index (κ1) is 16.2. The summed E-state index contributed by atoms with van der Waals surface area (Å²) in [6.45, 7) is 1.63. The van der Waals surface area contributed by atoms with E-state index in [1.807, 2.05) is 0 Å². The molecule has 1 aromatic heterocycles. The summed E-state index contributed by atoms with van der Waals surface area (Å²) < 4.78 is 1.61. The minimum atomic E-state index is -0.407. The zero-order valence-corrected chi connectivity index (χ0v) is 13.6. The SMILES string of the molecule is Cn1ccnc1C(=O)c1ccc(N2CCCCCC2)c([N+](=O)[O-])c1. The molecule has 0 saturated carbocycles. The lowest BCUT2D eigenvalue weighted by Gasteiger charge is -2.22. The zero-order chi connectivity index (χ0) is 17.1. The van der Waals surface area contributed by atoms with Gasteiger partial charge in [-0.1, -0.05) is 12.8 Å². The van der Waals surface area contributed by atoms with Gasteiger partial charge in [0.05, 0.1) is 4.92 Å². The summed E-state index contributed by atoms with van der Waals surface area (Å²) in [4.78, 5) is 29.7. The first-order chi connectivity index (χ1) is 11.6. The second-order valence-corrected chi connectivity index (χ2v) is 6.05. The van der Waals surface area contributed by atoms with E-state index in [2.05, 4.69) is 9.88 Å². The number of hydrogen-bond acceptors (Lipinski definition) is 5. The van der Waals surface area contributed by atoms with E-state index in [-0.39, 0.29) is 22.9 Å². The summed E-state index contributed by atoms with van der Waals surface area (Å²) in [5.74, 6) is -0.0418. The fourth-order valence-electron chi connectivity index (χ4n) is 3.10. The third-order valence-corrected chi connectivity index (χ3v) is 4.41. The monoisotopic (exact) mass is 328 g/mol. The van der Waals surface area contributed by atoms with Crippen LogP contribution in [0.1, 0.15) is 41.9 Å². The maximum atomic E-state index is 12.5. The third kappa shape index (κ3) is 3.15. The summed E-state index contributed by atoms with van der Waals surface area (Å²) >= 11 is 0. The van der Waals surface area contributed by atoms with Gasteiger partial charge in [-0.3, -0.25) is 14.9 Å². The van der Waals surface area contributed by atoms with Gasteiger partial charge in [-0.2, -0.15) is 0 Å². The van der Waals surface area contributed by atoms with Gasteiger partial charge in [0.1, 0.15) is 5.69 Å². The molecule has 0 spiro atoms. The van der Waals surface area contributed by atoms with Crippen LogP contribution in [0.4, 0.5) is 11.4 Å². The van der Waals surface area contributed by atoms with Crippen LogP contribution in [0.15, 0.2) is 30.6 Å². The first-order valence-electron chi connectivity index (χ1n) is 8.13. The molecule has 0 aliphatic carbocycles. The van der Waals surface area contributed by atoms with Gasteiger partial charge in [0.15, 0.2) is 5.82 Å². The molecule has 7 heteroatoms. The molecule has 0 amide bonds. The van der Waals surface area contributed by atoms with E-state index in [0.29, 0.717) is 5.69 Å². The van der Waals surface area contributed by atoms with Gasteiger partial charge >= 0.3 is 0 Å². The van der Waals surface area contributed by atoms with Crippen molar-refractivity contribution in [2.75, 3.05) is 18.0 Å². The Morgan fingerprint density at radius 2 is 1.92 bits per heavy atom. The lowest BCUT2D eigenvalue weighted by Crippen LogP contribution is -2.25.